The molecule has 4 N–H and O–H groups in total. The first-order chi connectivity index (χ1) is 19.6. The molecule has 0 fully saturated rings. The molecule has 0 aliphatic carbocycles. The number of anilines is 1. The zero-order chi connectivity index (χ0) is 29.7. The molecule has 2 amide bonds. The van der Waals surface area contributed by atoms with Crippen molar-refractivity contribution in [3.05, 3.63) is 135 Å². The summed E-state index contributed by atoms with van der Waals surface area (Å²) in [5.41, 5.74) is 2.64. The van der Waals surface area contributed by atoms with Crippen molar-refractivity contribution < 1.29 is 34.2 Å². The molecule has 0 heterocycles. The lowest BCUT2D eigenvalue weighted by molar-refractivity contribution is 0.0683. The number of amides is 2. The Balaban J connectivity index is 0.00000323. The Morgan fingerprint density at radius 1 is 0.591 bits per heavy atom. The fourth-order valence-electron chi connectivity index (χ4n) is 4.27. The van der Waals surface area contributed by atoms with Gasteiger partial charge < -0.3 is 20.8 Å². The van der Waals surface area contributed by atoms with Crippen molar-refractivity contribution in [2.45, 2.75) is 35.6 Å². The smallest absolute Gasteiger partial charge is 0.336 e. The zero-order valence-electron chi connectivity index (χ0n) is 22.2. The first-order valence-electron chi connectivity index (χ1n) is 12.5. The number of carboxylic acids is 2. The molecule has 0 aromatic heterocycles. The van der Waals surface area contributed by atoms with E-state index in [2.05, 4.69) is 22.8 Å². The van der Waals surface area contributed by atoms with Gasteiger partial charge in [0.1, 0.15) is 0 Å². The Kier molecular flexibility index (Phi) is 12.9. The number of carbonyl (C=O) groups excluding carboxylic acids is 3. The number of carbonyl (C=O) groups is 5. The van der Waals surface area contributed by atoms with Crippen molar-refractivity contribution >= 4 is 35.2 Å². The first kappa shape index (κ1) is 36.5. The van der Waals surface area contributed by atoms with Crippen LogP contribution in [0.3, 0.4) is 0 Å². The number of aromatic carboxylic acids is 2. The maximum absolute atomic E-state index is 13.1. The van der Waals surface area contributed by atoms with Gasteiger partial charge >= 0.3 is 11.9 Å². The Morgan fingerprint density at radius 3 is 1.45 bits per heavy atom. The van der Waals surface area contributed by atoms with E-state index in [4.69, 9.17) is 0 Å². The van der Waals surface area contributed by atoms with E-state index in [0.29, 0.717) is 5.69 Å². The highest BCUT2D eigenvalue weighted by Gasteiger charge is 2.22. The summed E-state index contributed by atoms with van der Waals surface area (Å²) in [5.74, 6) is -4.80. The van der Waals surface area contributed by atoms with E-state index in [1.54, 1.807) is 12.1 Å². The summed E-state index contributed by atoms with van der Waals surface area (Å²) in [4.78, 5) is 61.8. The molecule has 4 rings (SSSR count). The van der Waals surface area contributed by atoms with Crippen molar-refractivity contribution in [2.24, 2.45) is 0 Å². The van der Waals surface area contributed by atoms with E-state index in [-0.39, 0.29) is 50.1 Å². The quantitative estimate of drug-likeness (QED) is 0.156. The van der Waals surface area contributed by atoms with E-state index >= 15 is 0 Å². The van der Waals surface area contributed by atoms with Gasteiger partial charge in [-0.05, 0) is 60.9 Å². The van der Waals surface area contributed by atoms with Gasteiger partial charge in [-0.25, -0.2) is 9.59 Å². The van der Waals surface area contributed by atoms with Crippen molar-refractivity contribution in [2.75, 3.05) is 12.4 Å². The van der Waals surface area contributed by atoms with Crippen molar-refractivity contribution in [1.29, 1.82) is 0 Å². The van der Waals surface area contributed by atoms with Crippen LogP contribution in [-0.2, 0) is 6.42 Å². The molecule has 9 nitrogen and oxygen atoms in total. The average Bonchev–Trinajstić information content (AvgIpc) is 2.97. The Morgan fingerprint density at radius 2 is 1.02 bits per heavy atom. The third kappa shape index (κ3) is 8.25. The number of carboxylic acid groups (broad SMARTS) is 2. The molecule has 4 aromatic carbocycles. The minimum Gasteiger partial charge on any atom is -0.478 e. The predicted molar refractivity (Wildman–Crippen MR) is 172 cm³/mol. The molecule has 0 bridgehead atoms. The highest BCUT2D eigenvalue weighted by molar-refractivity contribution is 6.15. The third-order valence-corrected chi connectivity index (χ3v) is 6.48. The molecule has 0 aliphatic heterocycles. The molecular weight excluding hydrogens is 560 g/mol. The minimum atomic E-state index is -1.42. The van der Waals surface area contributed by atoms with Gasteiger partial charge in [-0.15, -0.1) is 0 Å². The van der Waals surface area contributed by atoms with E-state index in [1.165, 1.54) is 36.9 Å². The summed E-state index contributed by atoms with van der Waals surface area (Å²) < 4.78 is 0. The Labute approximate surface area is 257 Å². The number of nitrogens with one attached hydrogen (secondary N) is 2. The molecule has 0 radical (unpaired) electrons. The maximum atomic E-state index is 13.1. The van der Waals surface area contributed by atoms with Gasteiger partial charge in [0.05, 0.1) is 22.3 Å². The molecule has 0 saturated heterocycles. The van der Waals surface area contributed by atoms with Gasteiger partial charge in [-0.3, -0.25) is 14.4 Å². The Bertz CT molecular complexity index is 1670. The van der Waals surface area contributed by atoms with Crippen molar-refractivity contribution in [3.63, 3.8) is 0 Å². The molecule has 0 spiro atoms. The predicted octanol–water partition coefficient (Wildman–Crippen LogP) is 6.73. The summed E-state index contributed by atoms with van der Waals surface area (Å²) >= 11 is 0. The number of benzene rings is 4. The summed E-state index contributed by atoms with van der Waals surface area (Å²) in [5, 5.41) is 24.3. The van der Waals surface area contributed by atoms with Crippen LogP contribution >= 0.6 is 0 Å². The fourth-order valence-corrected chi connectivity index (χ4v) is 4.27. The fraction of sp³-hybridized carbons (Fsp3) is 0.171. The molecule has 0 unspecified atom stereocenters. The summed E-state index contributed by atoms with van der Waals surface area (Å²) in [6.45, 7) is 2.02. The van der Waals surface area contributed by atoms with Crippen LogP contribution in [-0.4, -0.2) is 46.8 Å². The highest BCUT2D eigenvalue weighted by atomic mass is 16.4. The number of rotatable bonds is 9. The lowest BCUT2D eigenvalue weighted by Crippen LogP contribution is -2.21. The summed E-state index contributed by atoms with van der Waals surface area (Å²) in [6, 6.07) is 22.5. The number of hydrogen-bond acceptors (Lipinski definition) is 5. The Hall–Kier alpha value is -5.57. The maximum Gasteiger partial charge on any atom is 0.336 e. The second-order valence-corrected chi connectivity index (χ2v) is 9.35. The topological polar surface area (TPSA) is 150 Å². The zero-order valence-corrected chi connectivity index (χ0v) is 22.2. The third-order valence-electron chi connectivity index (χ3n) is 6.48. The van der Waals surface area contributed by atoms with Crippen LogP contribution in [0.4, 0.5) is 5.69 Å². The van der Waals surface area contributed by atoms with Gasteiger partial charge in [0.25, 0.3) is 11.8 Å². The highest BCUT2D eigenvalue weighted by Crippen LogP contribution is 2.21. The lowest BCUT2D eigenvalue weighted by atomic mass is 9.95. The number of ketones is 1. The van der Waals surface area contributed by atoms with Crippen molar-refractivity contribution in [3.8, 4) is 0 Å². The van der Waals surface area contributed by atoms with Crippen LogP contribution < -0.4 is 10.6 Å². The molecule has 44 heavy (non-hydrogen) atoms. The van der Waals surface area contributed by atoms with Crippen LogP contribution in [0.25, 0.3) is 0 Å². The van der Waals surface area contributed by atoms with Gasteiger partial charge in [-0.1, -0.05) is 76.4 Å². The van der Waals surface area contributed by atoms with Crippen LogP contribution in [0.1, 0.15) is 96.3 Å². The normalized spacial score (nSPS) is 9.77. The molecule has 0 aliphatic rings. The standard InChI is InChI=1S/C32H26N2O7.3CH4/c1-18-3-5-19(6-4-18)15-20-7-11-23(12-8-20)34-30(37)25-14-10-22(17-27(25)32(40)41)28(35)21-9-13-24(29(36)33-2)26(16-21)31(38)39;;;/h3-14,16-17H,15H2,1-2H3,(H,33,36)(H,34,37)(H,38,39)(H,40,41);3*1H4. The molecule has 0 saturated carbocycles. The summed E-state index contributed by atoms with van der Waals surface area (Å²) in [6.07, 6.45) is 0.718. The largest absolute Gasteiger partial charge is 0.478 e. The number of hydrogen-bond donors (Lipinski definition) is 4. The van der Waals surface area contributed by atoms with Crippen LogP contribution in [0.2, 0.25) is 0 Å². The monoisotopic (exact) mass is 598 g/mol. The van der Waals surface area contributed by atoms with Gasteiger partial charge in [0, 0.05) is 23.9 Å². The van der Waals surface area contributed by atoms with E-state index < -0.39 is 35.1 Å². The van der Waals surface area contributed by atoms with Crippen LogP contribution in [0.15, 0.2) is 84.9 Å². The van der Waals surface area contributed by atoms with Crippen LogP contribution in [0.5, 0.6) is 0 Å². The van der Waals surface area contributed by atoms with Crippen molar-refractivity contribution in [1.82, 2.24) is 5.32 Å². The van der Waals surface area contributed by atoms with Gasteiger partial charge in [0.15, 0.2) is 5.78 Å². The second kappa shape index (κ2) is 15.6. The van der Waals surface area contributed by atoms with E-state index in [0.717, 1.165) is 29.7 Å². The molecule has 230 valence electrons. The molecular formula is C35H38N2O7. The summed E-state index contributed by atoms with van der Waals surface area (Å²) in [7, 11) is 1.35. The number of aryl methyl sites for hydroxylation is 1. The SMILES string of the molecule is C.C.C.CNC(=O)c1ccc(C(=O)c2ccc(C(=O)Nc3ccc(Cc4ccc(C)cc4)cc3)c(C(=O)O)c2)cc1C(=O)O. The second-order valence-electron chi connectivity index (χ2n) is 9.35. The average molecular weight is 599 g/mol. The first-order valence-corrected chi connectivity index (χ1v) is 12.5. The lowest BCUT2D eigenvalue weighted by Gasteiger charge is -2.11. The van der Waals surface area contributed by atoms with Gasteiger partial charge in [0.2, 0.25) is 0 Å². The van der Waals surface area contributed by atoms with E-state index in [9.17, 15) is 34.2 Å². The molecule has 9 heteroatoms. The van der Waals surface area contributed by atoms with E-state index in [1.807, 2.05) is 31.2 Å². The minimum absolute atomic E-state index is 0. The molecule has 0 atom stereocenters. The van der Waals surface area contributed by atoms with Gasteiger partial charge in [-0.2, -0.15) is 0 Å². The van der Waals surface area contributed by atoms with Crippen LogP contribution in [0, 0.1) is 6.92 Å². The molecule has 4 aromatic rings.